The molecule has 1 aromatic carbocycles. The number of amides is 2. The van der Waals surface area contributed by atoms with E-state index in [0.29, 0.717) is 38.8 Å². The largest absolute Gasteiger partial charge is 0.389 e. The van der Waals surface area contributed by atoms with Crippen LogP contribution in [0.2, 0.25) is 0 Å². The van der Waals surface area contributed by atoms with Gasteiger partial charge in [0.2, 0.25) is 11.8 Å². The number of benzene rings is 1. The van der Waals surface area contributed by atoms with Crippen molar-refractivity contribution in [3.05, 3.63) is 35.9 Å². The number of aliphatic hydroxyl groups excluding tert-OH is 1. The fourth-order valence-corrected chi connectivity index (χ4v) is 4.00. The molecule has 6 heteroatoms. The lowest BCUT2D eigenvalue weighted by Crippen LogP contribution is -2.61. The van der Waals surface area contributed by atoms with E-state index in [1.165, 1.54) is 0 Å². The standard InChI is InChI=1S/C20H29N3O3/c24-17-15-21-12-11-20(17,16-7-2-1-3-8-16)22-18(25)9-6-14-23-13-5-4-10-19(23)26/h1-3,7-8,17,21,24H,4-6,9-15H2,(H,22,25)/t17-,20-/m1/s1. The molecule has 0 aromatic heterocycles. The number of aliphatic hydroxyl groups is 1. The SMILES string of the molecule is O=C(CCCN1CCCCC1=O)N[C@@]1(c2ccccc2)CCNC[C@H]1O. The number of piperidine rings is 2. The zero-order chi connectivity index (χ0) is 18.4. The lowest BCUT2D eigenvalue weighted by atomic mass is 9.79. The van der Waals surface area contributed by atoms with Crippen LogP contribution < -0.4 is 10.6 Å². The first-order chi connectivity index (χ1) is 12.6. The lowest BCUT2D eigenvalue weighted by molar-refractivity contribution is -0.134. The van der Waals surface area contributed by atoms with Crippen LogP contribution in [0.15, 0.2) is 30.3 Å². The molecule has 26 heavy (non-hydrogen) atoms. The molecule has 2 atom stereocenters. The smallest absolute Gasteiger partial charge is 0.222 e. The van der Waals surface area contributed by atoms with Crippen LogP contribution in [0, 0.1) is 0 Å². The molecule has 2 fully saturated rings. The molecule has 1 aromatic rings. The monoisotopic (exact) mass is 359 g/mol. The van der Waals surface area contributed by atoms with Crippen molar-refractivity contribution in [2.75, 3.05) is 26.2 Å². The van der Waals surface area contributed by atoms with Crippen LogP contribution in [0.1, 0.15) is 44.1 Å². The summed E-state index contributed by atoms with van der Waals surface area (Å²) < 4.78 is 0. The molecular weight excluding hydrogens is 330 g/mol. The predicted molar refractivity (Wildman–Crippen MR) is 99.4 cm³/mol. The third kappa shape index (κ3) is 4.24. The molecule has 2 heterocycles. The van der Waals surface area contributed by atoms with Gasteiger partial charge in [-0.15, -0.1) is 0 Å². The minimum Gasteiger partial charge on any atom is -0.389 e. The van der Waals surface area contributed by atoms with E-state index in [0.717, 1.165) is 31.5 Å². The Balaban J connectivity index is 1.60. The average Bonchev–Trinajstić information content (AvgIpc) is 2.66. The number of hydrogen-bond donors (Lipinski definition) is 3. The molecule has 2 aliphatic heterocycles. The first kappa shape index (κ1) is 18.9. The zero-order valence-electron chi connectivity index (χ0n) is 15.2. The van der Waals surface area contributed by atoms with Gasteiger partial charge in [0.15, 0.2) is 0 Å². The third-order valence-electron chi connectivity index (χ3n) is 5.51. The maximum Gasteiger partial charge on any atom is 0.222 e. The van der Waals surface area contributed by atoms with E-state index in [1.807, 2.05) is 35.2 Å². The molecule has 3 N–H and O–H groups in total. The Bertz CT molecular complexity index is 622. The van der Waals surface area contributed by atoms with Crippen LogP contribution >= 0.6 is 0 Å². The molecule has 0 unspecified atom stereocenters. The van der Waals surface area contributed by atoms with Crippen LogP contribution in [0.5, 0.6) is 0 Å². The molecule has 2 saturated heterocycles. The summed E-state index contributed by atoms with van der Waals surface area (Å²) in [6.07, 6.45) is 3.63. The van der Waals surface area contributed by atoms with Crippen LogP contribution in [0.3, 0.4) is 0 Å². The van der Waals surface area contributed by atoms with Crippen LogP contribution in [0.25, 0.3) is 0 Å². The summed E-state index contributed by atoms with van der Waals surface area (Å²) in [6, 6.07) is 9.71. The Hall–Kier alpha value is -1.92. The van der Waals surface area contributed by atoms with E-state index in [4.69, 9.17) is 0 Å². The van der Waals surface area contributed by atoms with Gasteiger partial charge in [-0.3, -0.25) is 9.59 Å². The zero-order valence-corrected chi connectivity index (χ0v) is 15.2. The molecule has 3 rings (SSSR count). The van der Waals surface area contributed by atoms with Crippen molar-refractivity contribution >= 4 is 11.8 Å². The molecule has 0 saturated carbocycles. The molecule has 2 amide bonds. The van der Waals surface area contributed by atoms with Crippen LogP contribution in [0.4, 0.5) is 0 Å². The second-order valence-electron chi connectivity index (χ2n) is 7.30. The number of rotatable bonds is 6. The molecule has 0 radical (unpaired) electrons. The topological polar surface area (TPSA) is 81.7 Å². The first-order valence-corrected chi connectivity index (χ1v) is 9.65. The van der Waals surface area contributed by atoms with Crippen molar-refractivity contribution in [1.82, 2.24) is 15.5 Å². The second-order valence-corrected chi connectivity index (χ2v) is 7.30. The van der Waals surface area contributed by atoms with Gasteiger partial charge in [-0.2, -0.15) is 0 Å². The number of nitrogens with one attached hydrogen (secondary N) is 2. The number of β-amino-alcohol motifs (C(OH)–C–C–N with tert-alkyl or cyclic N) is 1. The van der Waals surface area contributed by atoms with E-state index in [1.54, 1.807) is 0 Å². The number of likely N-dealkylation sites (tertiary alicyclic amines) is 1. The first-order valence-electron chi connectivity index (χ1n) is 9.65. The van der Waals surface area contributed by atoms with Gasteiger partial charge in [-0.1, -0.05) is 30.3 Å². The molecule has 0 bridgehead atoms. The van der Waals surface area contributed by atoms with Crippen molar-refractivity contribution in [3.8, 4) is 0 Å². The van der Waals surface area contributed by atoms with Gasteiger partial charge in [0, 0.05) is 32.5 Å². The highest BCUT2D eigenvalue weighted by Crippen LogP contribution is 2.31. The average molecular weight is 359 g/mol. The molecule has 0 aliphatic carbocycles. The highest BCUT2D eigenvalue weighted by atomic mass is 16.3. The van der Waals surface area contributed by atoms with Crippen molar-refractivity contribution in [1.29, 1.82) is 0 Å². The number of carbonyl (C=O) groups is 2. The van der Waals surface area contributed by atoms with E-state index >= 15 is 0 Å². The van der Waals surface area contributed by atoms with Crippen molar-refractivity contribution in [2.45, 2.75) is 50.2 Å². The fraction of sp³-hybridized carbons (Fsp3) is 0.600. The second kappa shape index (κ2) is 8.64. The van der Waals surface area contributed by atoms with Gasteiger partial charge in [0.05, 0.1) is 11.6 Å². The van der Waals surface area contributed by atoms with Gasteiger partial charge in [-0.05, 0) is 37.8 Å². The maximum absolute atomic E-state index is 12.6. The summed E-state index contributed by atoms with van der Waals surface area (Å²) in [5.41, 5.74) is 0.193. The number of hydrogen-bond acceptors (Lipinski definition) is 4. The van der Waals surface area contributed by atoms with E-state index in [2.05, 4.69) is 10.6 Å². The summed E-state index contributed by atoms with van der Waals surface area (Å²) in [5, 5.41) is 16.9. The summed E-state index contributed by atoms with van der Waals surface area (Å²) in [4.78, 5) is 26.3. The third-order valence-corrected chi connectivity index (χ3v) is 5.51. The summed E-state index contributed by atoms with van der Waals surface area (Å²) in [6.45, 7) is 2.64. The molecule has 0 spiro atoms. The van der Waals surface area contributed by atoms with Gasteiger partial charge in [0.25, 0.3) is 0 Å². The van der Waals surface area contributed by atoms with Crippen molar-refractivity contribution < 1.29 is 14.7 Å². The summed E-state index contributed by atoms with van der Waals surface area (Å²) in [5.74, 6) is 0.130. The minimum atomic E-state index is -0.745. The molecule has 2 aliphatic rings. The highest BCUT2D eigenvalue weighted by Gasteiger charge is 2.42. The van der Waals surface area contributed by atoms with Crippen molar-refractivity contribution in [3.63, 3.8) is 0 Å². The van der Waals surface area contributed by atoms with Gasteiger partial charge < -0.3 is 20.6 Å². The van der Waals surface area contributed by atoms with Gasteiger partial charge >= 0.3 is 0 Å². The summed E-state index contributed by atoms with van der Waals surface area (Å²) >= 11 is 0. The van der Waals surface area contributed by atoms with Gasteiger partial charge in [-0.25, -0.2) is 0 Å². The predicted octanol–water partition coefficient (Wildman–Crippen LogP) is 1.14. The Kier molecular flexibility index (Phi) is 6.27. The Morgan fingerprint density at radius 1 is 1.31 bits per heavy atom. The van der Waals surface area contributed by atoms with Crippen molar-refractivity contribution in [2.24, 2.45) is 0 Å². The van der Waals surface area contributed by atoms with Gasteiger partial charge in [0.1, 0.15) is 0 Å². The Morgan fingerprint density at radius 3 is 2.85 bits per heavy atom. The highest BCUT2D eigenvalue weighted by molar-refractivity contribution is 5.78. The molecule has 142 valence electrons. The minimum absolute atomic E-state index is 0.0701. The number of nitrogens with zero attached hydrogens (tertiary/aromatic N) is 1. The Labute approximate surface area is 155 Å². The van der Waals surface area contributed by atoms with E-state index < -0.39 is 11.6 Å². The van der Waals surface area contributed by atoms with Crippen LogP contribution in [-0.4, -0.2) is 54.1 Å². The maximum atomic E-state index is 12.6. The normalized spacial score (nSPS) is 26.6. The lowest BCUT2D eigenvalue weighted by Gasteiger charge is -2.43. The van der Waals surface area contributed by atoms with E-state index in [9.17, 15) is 14.7 Å². The number of carbonyl (C=O) groups excluding carboxylic acids is 2. The Morgan fingerprint density at radius 2 is 2.12 bits per heavy atom. The van der Waals surface area contributed by atoms with Crippen LogP contribution in [-0.2, 0) is 15.1 Å². The molecule has 6 nitrogen and oxygen atoms in total. The quantitative estimate of drug-likeness (QED) is 0.712. The fourth-order valence-electron chi connectivity index (χ4n) is 4.00. The molecular formula is C20H29N3O3. The summed E-state index contributed by atoms with van der Waals surface area (Å²) in [7, 11) is 0. The van der Waals surface area contributed by atoms with E-state index in [-0.39, 0.29) is 11.8 Å².